The van der Waals surface area contributed by atoms with E-state index in [0.29, 0.717) is 11.6 Å². The number of anilines is 2. The second-order valence-electron chi connectivity index (χ2n) is 4.62. The van der Waals surface area contributed by atoms with E-state index in [9.17, 15) is 9.59 Å². The molecule has 23 heavy (non-hydrogen) atoms. The molecule has 8 heteroatoms. The predicted octanol–water partition coefficient (Wildman–Crippen LogP) is 1.70. The molecule has 0 bridgehead atoms. The predicted molar refractivity (Wildman–Crippen MR) is 94.0 cm³/mol. The Balaban J connectivity index is 1.76. The van der Waals surface area contributed by atoms with Crippen molar-refractivity contribution >= 4 is 46.1 Å². The molecule has 0 aliphatic heterocycles. The lowest BCUT2D eigenvalue weighted by Crippen LogP contribution is -2.30. The number of amides is 1. The van der Waals surface area contributed by atoms with Crippen molar-refractivity contribution in [3.05, 3.63) is 46.3 Å². The van der Waals surface area contributed by atoms with Crippen LogP contribution in [0.5, 0.6) is 0 Å². The van der Waals surface area contributed by atoms with Crippen molar-refractivity contribution in [3.63, 3.8) is 0 Å². The van der Waals surface area contributed by atoms with E-state index in [0.717, 1.165) is 3.57 Å². The highest BCUT2D eigenvalue weighted by Gasteiger charge is 2.12. The Bertz CT molecular complexity index is 681. The van der Waals surface area contributed by atoms with Crippen LogP contribution in [0.25, 0.3) is 0 Å². The van der Waals surface area contributed by atoms with Gasteiger partial charge >= 0.3 is 5.97 Å². The van der Waals surface area contributed by atoms with E-state index in [1.54, 1.807) is 36.5 Å². The number of esters is 1. The Morgan fingerprint density at radius 3 is 2.70 bits per heavy atom. The third-order valence-electron chi connectivity index (χ3n) is 2.73. The van der Waals surface area contributed by atoms with Crippen molar-refractivity contribution in [2.45, 2.75) is 0 Å². The molecule has 2 aromatic rings. The lowest BCUT2D eigenvalue weighted by Gasteiger charge is -2.15. The van der Waals surface area contributed by atoms with Crippen LogP contribution in [-0.2, 0) is 14.3 Å². The van der Waals surface area contributed by atoms with Crippen LogP contribution in [-0.4, -0.2) is 42.0 Å². The summed E-state index contributed by atoms with van der Waals surface area (Å²) in [6.07, 6.45) is 3.16. The summed E-state index contributed by atoms with van der Waals surface area (Å²) < 4.78 is 5.95. The summed E-state index contributed by atoms with van der Waals surface area (Å²) in [6, 6.07) is 9.02. The molecule has 0 saturated heterocycles. The van der Waals surface area contributed by atoms with Gasteiger partial charge in [-0.3, -0.25) is 9.59 Å². The second-order valence-corrected chi connectivity index (χ2v) is 5.87. The van der Waals surface area contributed by atoms with Gasteiger partial charge in [-0.2, -0.15) is 0 Å². The fraction of sp³-hybridized carbons (Fsp3) is 0.200. The highest BCUT2D eigenvalue weighted by atomic mass is 127. The number of ether oxygens (including phenoxy) is 1. The minimum atomic E-state index is -0.530. The van der Waals surface area contributed by atoms with Crippen molar-refractivity contribution in [1.29, 1.82) is 0 Å². The van der Waals surface area contributed by atoms with E-state index in [2.05, 4.69) is 37.9 Å². The summed E-state index contributed by atoms with van der Waals surface area (Å²) in [4.78, 5) is 33.1. The number of nitrogens with zero attached hydrogens (tertiary/aromatic N) is 3. The van der Waals surface area contributed by atoms with Crippen LogP contribution in [0.2, 0.25) is 0 Å². The van der Waals surface area contributed by atoms with Gasteiger partial charge in [-0.1, -0.05) is 6.07 Å². The maximum absolute atomic E-state index is 11.8. The zero-order chi connectivity index (χ0) is 16.7. The molecule has 0 radical (unpaired) electrons. The lowest BCUT2D eigenvalue weighted by molar-refractivity contribution is -0.145. The van der Waals surface area contributed by atoms with Gasteiger partial charge in [0.25, 0.3) is 5.91 Å². The number of carbonyl (C=O) groups excluding carboxylic acids is 2. The molecule has 0 unspecified atom stereocenters. The monoisotopic (exact) mass is 426 g/mol. The lowest BCUT2D eigenvalue weighted by atomic mass is 10.3. The summed E-state index contributed by atoms with van der Waals surface area (Å²) in [5.41, 5.74) is 0.660. The van der Waals surface area contributed by atoms with E-state index in [4.69, 9.17) is 4.74 Å². The molecule has 1 amide bonds. The largest absolute Gasteiger partial charge is 0.454 e. The van der Waals surface area contributed by atoms with Crippen molar-refractivity contribution < 1.29 is 14.3 Å². The summed E-state index contributed by atoms with van der Waals surface area (Å²) in [5.74, 6) is -0.510. The summed E-state index contributed by atoms with van der Waals surface area (Å²) in [5, 5.41) is 2.66. The van der Waals surface area contributed by atoms with Crippen LogP contribution in [0.15, 0.2) is 42.7 Å². The molecule has 7 nitrogen and oxygen atoms in total. The highest BCUT2D eigenvalue weighted by molar-refractivity contribution is 14.1. The fourth-order valence-electron chi connectivity index (χ4n) is 1.71. The van der Waals surface area contributed by atoms with Crippen LogP contribution < -0.4 is 10.2 Å². The standard InChI is InChI=1S/C15H15IN4O3/c1-20(15-17-6-3-7-18-15)9-14(22)23-10-13(21)19-12-5-2-4-11(16)8-12/h2-8H,9-10H2,1H3,(H,19,21). The third-order valence-corrected chi connectivity index (χ3v) is 3.40. The van der Waals surface area contributed by atoms with E-state index in [1.807, 2.05) is 18.2 Å². The molecule has 1 aromatic heterocycles. The van der Waals surface area contributed by atoms with Crippen LogP contribution in [0.4, 0.5) is 11.6 Å². The number of hydrogen-bond acceptors (Lipinski definition) is 6. The maximum Gasteiger partial charge on any atom is 0.326 e. The maximum atomic E-state index is 11.8. The third kappa shape index (κ3) is 5.81. The van der Waals surface area contributed by atoms with E-state index >= 15 is 0 Å². The van der Waals surface area contributed by atoms with Gasteiger partial charge in [0.15, 0.2) is 6.61 Å². The molecule has 0 saturated carbocycles. The van der Waals surface area contributed by atoms with E-state index < -0.39 is 5.97 Å². The summed E-state index contributed by atoms with van der Waals surface area (Å²) in [7, 11) is 1.67. The average Bonchev–Trinajstić information content (AvgIpc) is 2.54. The zero-order valence-electron chi connectivity index (χ0n) is 12.4. The number of aromatic nitrogens is 2. The van der Waals surface area contributed by atoms with Crippen LogP contribution in [0.1, 0.15) is 0 Å². The normalized spacial score (nSPS) is 10.0. The van der Waals surface area contributed by atoms with Crippen molar-refractivity contribution in [2.75, 3.05) is 30.4 Å². The Morgan fingerprint density at radius 2 is 2.00 bits per heavy atom. The number of carbonyl (C=O) groups is 2. The number of likely N-dealkylation sites (N-methyl/N-ethyl adjacent to an activating group) is 1. The Hall–Kier alpha value is -2.23. The van der Waals surface area contributed by atoms with Gasteiger partial charge in [0, 0.05) is 28.7 Å². The Morgan fingerprint density at radius 1 is 1.26 bits per heavy atom. The molecule has 0 aliphatic carbocycles. The number of hydrogen-bond donors (Lipinski definition) is 1. The van der Waals surface area contributed by atoms with Crippen molar-refractivity contribution in [1.82, 2.24) is 9.97 Å². The number of halogens is 1. The van der Waals surface area contributed by atoms with Crippen LogP contribution in [0.3, 0.4) is 0 Å². The Labute approximate surface area is 147 Å². The van der Waals surface area contributed by atoms with Crippen molar-refractivity contribution in [2.24, 2.45) is 0 Å². The van der Waals surface area contributed by atoms with Crippen molar-refractivity contribution in [3.8, 4) is 0 Å². The van der Waals surface area contributed by atoms with E-state index in [1.165, 1.54) is 0 Å². The van der Waals surface area contributed by atoms with Gasteiger partial charge in [-0.05, 0) is 46.9 Å². The topological polar surface area (TPSA) is 84.4 Å². The number of nitrogens with one attached hydrogen (secondary N) is 1. The first-order valence-electron chi connectivity index (χ1n) is 6.74. The van der Waals surface area contributed by atoms with Gasteiger partial charge in [0.1, 0.15) is 6.54 Å². The van der Waals surface area contributed by atoms with Gasteiger partial charge in [0.2, 0.25) is 5.95 Å². The molecule has 0 atom stereocenters. The first kappa shape index (κ1) is 17.1. The fourth-order valence-corrected chi connectivity index (χ4v) is 2.25. The highest BCUT2D eigenvalue weighted by Crippen LogP contribution is 2.12. The molecule has 0 spiro atoms. The second kappa shape index (κ2) is 8.42. The molecule has 0 fully saturated rings. The number of rotatable bonds is 6. The molecule has 1 N–H and O–H groups in total. The van der Waals surface area contributed by atoms with Gasteiger partial charge in [-0.25, -0.2) is 9.97 Å². The molecule has 1 aromatic carbocycles. The van der Waals surface area contributed by atoms with Crippen LogP contribution in [0, 0.1) is 3.57 Å². The quantitative estimate of drug-likeness (QED) is 0.560. The molecule has 0 aliphatic rings. The molecule has 2 rings (SSSR count). The minimum Gasteiger partial charge on any atom is -0.454 e. The summed E-state index contributed by atoms with van der Waals surface area (Å²) >= 11 is 2.15. The Kier molecular flexibility index (Phi) is 6.27. The van der Waals surface area contributed by atoms with Gasteiger partial charge < -0.3 is 15.0 Å². The average molecular weight is 426 g/mol. The van der Waals surface area contributed by atoms with Crippen LogP contribution >= 0.6 is 22.6 Å². The summed E-state index contributed by atoms with van der Waals surface area (Å²) in [6.45, 7) is -0.381. The van der Waals surface area contributed by atoms with Gasteiger partial charge in [-0.15, -0.1) is 0 Å². The zero-order valence-corrected chi connectivity index (χ0v) is 14.6. The minimum absolute atomic E-state index is 0.0411. The first-order valence-corrected chi connectivity index (χ1v) is 7.81. The smallest absolute Gasteiger partial charge is 0.326 e. The first-order chi connectivity index (χ1) is 11.0. The SMILES string of the molecule is CN(CC(=O)OCC(=O)Nc1cccc(I)c1)c1ncccn1. The molecule has 120 valence electrons. The van der Waals surface area contributed by atoms with E-state index in [-0.39, 0.29) is 19.1 Å². The molecular formula is C15H15IN4O3. The molecule has 1 heterocycles. The van der Waals surface area contributed by atoms with Gasteiger partial charge in [0.05, 0.1) is 0 Å². The molecular weight excluding hydrogens is 411 g/mol. The number of benzene rings is 1.